The fourth-order valence-electron chi connectivity index (χ4n) is 2.15. The molecule has 0 aromatic carbocycles. The molecule has 1 saturated heterocycles. The molecule has 6 heteroatoms. The van der Waals surface area contributed by atoms with Crippen molar-refractivity contribution in [3.05, 3.63) is 18.3 Å². The summed E-state index contributed by atoms with van der Waals surface area (Å²) in [5.74, 6) is 0.177. The minimum atomic E-state index is -0.519. The Bertz CT molecular complexity index is 404. The van der Waals surface area contributed by atoms with Gasteiger partial charge in [0.15, 0.2) is 0 Å². The highest BCUT2D eigenvalue weighted by Gasteiger charge is 2.21. The van der Waals surface area contributed by atoms with Crippen molar-refractivity contribution in [3.8, 4) is 0 Å². The fraction of sp³-hybridized carbons (Fsp3) is 0.545. The Balaban J connectivity index is 1.93. The van der Waals surface area contributed by atoms with E-state index in [-0.39, 0.29) is 5.91 Å². The molecule has 0 unspecified atom stereocenters. The Labute approximate surface area is 98.8 Å². The predicted octanol–water partition coefficient (Wildman–Crippen LogP) is 0.707. The SMILES string of the molecule is NC(=O)CC1CCN(c2cc(F)ncn2)CC1. The van der Waals surface area contributed by atoms with Gasteiger partial charge in [-0.3, -0.25) is 4.79 Å². The molecule has 0 saturated carbocycles. The van der Waals surface area contributed by atoms with E-state index in [1.807, 2.05) is 4.90 Å². The highest BCUT2D eigenvalue weighted by molar-refractivity contribution is 5.74. The molecule has 1 aliphatic rings. The Morgan fingerprint density at radius 3 is 2.76 bits per heavy atom. The number of nitrogens with two attached hydrogens (primary N) is 1. The van der Waals surface area contributed by atoms with E-state index in [0.29, 0.717) is 18.2 Å². The maximum absolute atomic E-state index is 12.9. The van der Waals surface area contributed by atoms with Crippen LogP contribution in [0.15, 0.2) is 12.4 Å². The molecule has 1 fully saturated rings. The molecular formula is C11H15FN4O. The summed E-state index contributed by atoms with van der Waals surface area (Å²) in [6.07, 6.45) is 3.43. The summed E-state index contributed by atoms with van der Waals surface area (Å²) in [6, 6.07) is 1.33. The maximum Gasteiger partial charge on any atom is 0.218 e. The van der Waals surface area contributed by atoms with Crippen molar-refractivity contribution in [1.82, 2.24) is 9.97 Å². The second kappa shape index (κ2) is 5.07. The van der Waals surface area contributed by atoms with Crippen molar-refractivity contribution in [2.45, 2.75) is 19.3 Å². The van der Waals surface area contributed by atoms with Gasteiger partial charge in [-0.15, -0.1) is 0 Å². The fourth-order valence-corrected chi connectivity index (χ4v) is 2.15. The van der Waals surface area contributed by atoms with Crippen LogP contribution in [0.1, 0.15) is 19.3 Å². The van der Waals surface area contributed by atoms with Crippen molar-refractivity contribution < 1.29 is 9.18 Å². The molecule has 1 amide bonds. The van der Waals surface area contributed by atoms with E-state index in [1.165, 1.54) is 12.4 Å². The number of halogens is 1. The van der Waals surface area contributed by atoms with Gasteiger partial charge < -0.3 is 10.6 Å². The normalized spacial score (nSPS) is 17.1. The molecule has 2 N–H and O–H groups in total. The zero-order valence-electron chi connectivity index (χ0n) is 9.47. The van der Waals surface area contributed by atoms with Gasteiger partial charge >= 0.3 is 0 Å². The lowest BCUT2D eigenvalue weighted by Gasteiger charge is -2.32. The van der Waals surface area contributed by atoms with Crippen LogP contribution in [0.4, 0.5) is 10.2 Å². The second-order valence-electron chi connectivity index (χ2n) is 4.30. The van der Waals surface area contributed by atoms with Crippen LogP contribution >= 0.6 is 0 Å². The van der Waals surface area contributed by atoms with E-state index in [2.05, 4.69) is 9.97 Å². The van der Waals surface area contributed by atoms with Crippen LogP contribution in [0.2, 0.25) is 0 Å². The van der Waals surface area contributed by atoms with Crippen LogP contribution < -0.4 is 10.6 Å². The number of rotatable bonds is 3. The Morgan fingerprint density at radius 1 is 1.47 bits per heavy atom. The van der Waals surface area contributed by atoms with Crippen LogP contribution in [0.25, 0.3) is 0 Å². The molecule has 17 heavy (non-hydrogen) atoms. The first-order chi connectivity index (χ1) is 8.15. The summed E-state index contributed by atoms with van der Waals surface area (Å²) in [6.45, 7) is 1.54. The lowest BCUT2D eigenvalue weighted by Crippen LogP contribution is -2.35. The smallest absolute Gasteiger partial charge is 0.218 e. The summed E-state index contributed by atoms with van der Waals surface area (Å²) in [5.41, 5.74) is 5.17. The number of carbonyl (C=O) groups excluding carboxylic acids is 1. The first kappa shape index (κ1) is 11.8. The summed E-state index contributed by atoms with van der Waals surface area (Å²) in [7, 11) is 0. The van der Waals surface area contributed by atoms with Gasteiger partial charge in [0.25, 0.3) is 0 Å². The van der Waals surface area contributed by atoms with E-state index >= 15 is 0 Å². The lowest BCUT2D eigenvalue weighted by molar-refractivity contribution is -0.119. The lowest BCUT2D eigenvalue weighted by atomic mass is 9.93. The molecule has 2 heterocycles. The Morgan fingerprint density at radius 2 is 2.18 bits per heavy atom. The van der Waals surface area contributed by atoms with Crippen molar-refractivity contribution in [3.63, 3.8) is 0 Å². The van der Waals surface area contributed by atoms with Crippen LogP contribution in [-0.2, 0) is 4.79 Å². The molecule has 2 rings (SSSR count). The molecule has 0 spiro atoms. The molecule has 92 valence electrons. The Kier molecular flexibility index (Phi) is 3.51. The van der Waals surface area contributed by atoms with Gasteiger partial charge in [-0.1, -0.05) is 0 Å². The van der Waals surface area contributed by atoms with Gasteiger partial charge in [0, 0.05) is 25.6 Å². The number of primary amides is 1. The highest BCUT2D eigenvalue weighted by atomic mass is 19.1. The molecule has 1 aromatic rings. The number of aromatic nitrogens is 2. The first-order valence-electron chi connectivity index (χ1n) is 5.66. The predicted molar refractivity (Wildman–Crippen MR) is 60.7 cm³/mol. The largest absolute Gasteiger partial charge is 0.370 e. The number of amides is 1. The van der Waals surface area contributed by atoms with E-state index in [1.54, 1.807) is 0 Å². The molecule has 0 radical (unpaired) electrons. The van der Waals surface area contributed by atoms with Gasteiger partial charge in [0.2, 0.25) is 11.9 Å². The number of nitrogens with zero attached hydrogens (tertiary/aromatic N) is 3. The Hall–Kier alpha value is -1.72. The highest BCUT2D eigenvalue weighted by Crippen LogP contribution is 2.23. The molecule has 1 aliphatic heterocycles. The zero-order valence-corrected chi connectivity index (χ0v) is 9.47. The van der Waals surface area contributed by atoms with Crippen molar-refractivity contribution in [2.75, 3.05) is 18.0 Å². The van der Waals surface area contributed by atoms with Gasteiger partial charge in [-0.2, -0.15) is 4.39 Å². The van der Waals surface area contributed by atoms with Crippen LogP contribution in [-0.4, -0.2) is 29.0 Å². The number of carbonyl (C=O) groups is 1. The number of piperidine rings is 1. The number of hydrogen-bond donors (Lipinski definition) is 1. The van der Waals surface area contributed by atoms with Crippen molar-refractivity contribution in [1.29, 1.82) is 0 Å². The number of hydrogen-bond acceptors (Lipinski definition) is 4. The quantitative estimate of drug-likeness (QED) is 0.787. The molecule has 1 aromatic heterocycles. The third-order valence-corrected chi connectivity index (χ3v) is 3.05. The van der Waals surface area contributed by atoms with E-state index in [0.717, 1.165) is 25.9 Å². The summed E-state index contributed by atoms with van der Waals surface area (Å²) in [5, 5.41) is 0. The molecule has 0 bridgehead atoms. The molecule has 0 atom stereocenters. The summed E-state index contributed by atoms with van der Waals surface area (Å²) >= 11 is 0. The van der Waals surface area contributed by atoms with E-state index in [9.17, 15) is 9.18 Å². The van der Waals surface area contributed by atoms with Gasteiger partial charge in [-0.05, 0) is 18.8 Å². The molecular weight excluding hydrogens is 223 g/mol. The van der Waals surface area contributed by atoms with Crippen molar-refractivity contribution in [2.24, 2.45) is 11.7 Å². The van der Waals surface area contributed by atoms with Gasteiger partial charge in [0.05, 0.1) is 0 Å². The average molecular weight is 238 g/mol. The summed E-state index contributed by atoms with van der Waals surface area (Å²) in [4.78, 5) is 20.3. The monoisotopic (exact) mass is 238 g/mol. The first-order valence-corrected chi connectivity index (χ1v) is 5.66. The zero-order chi connectivity index (χ0) is 12.3. The third-order valence-electron chi connectivity index (χ3n) is 3.05. The van der Waals surface area contributed by atoms with Crippen LogP contribution in [0.3, 0.4) is 0 Å². The minimum Gasteiger partial charge on any atom is -0.370 e. The molecule has 5 nitrogen and oxygen atoms in total. The standard InChI is InChI=1S/C11H15FN4O/c12-9-6-11(15-7-14-9)16-3-1-8(2-4-16)5-10(13)17/h6-8H,1-5H2,(H2,13,17). The minimum absolute atomic E-state index is 0.253. The van der Waals surface area contributed by atoms with Gasteiger partial charge in [0.1, 0.15) is 12.1 Å². The van der Waals surface area contributed by atoms with Crippen LogP contribution in [0, 0.1) is 11.9 Å². The average Bonchev–Trinajstić information content (AvgIpc) is 2.29. The molecule has 0 aliphatic carbocycles. The van der Waals surface area contributed by atoms with E-state index in [4.69, 9.17) is 5.73 Å². The van der Waals surface area contributed by atoms with Crippen LogP contribution in [0.5, 0.6) is 0 Å². The number of anilines is 1. The summed E-state index contributed by atoms with van der Waals surface area (Å²) < 4.78 is 12.9. The maximum atomic E-state index is 12.9. The second-order valence-corrected chi connectivity index (χ2v) is 4.30. The van der Waals surface area contributed by atoms with Gasteiger partial charge in [-0.25, -0.2) is 9.97 Å². The van der Waals surface area contributed by atoms with E-state index < -0.39 is 5.95 Å². The van der Waals surface area contributed by atoms with Crippen molar-refractivity contribution >= 4 is 11.7 Å². The topological polar surface area (TPSA) is 72.1 Å². The third kappa shape index (κ3) is 3.12.